The van der Waals surface area contributed by atoms with Crippen molar-refractivity contribution in [3.05, 3.63) is 65.5 Å². The number of piperazine rings is 1. The highest BCUT2D eigenvalue weighted by Gasteiger charge is 2.25. The minimum Gasteiger partial charge on any atom is -0.371 e. The second-order valence-corrected chi connectivity index (χ2v) is 8.00. The first-order chi connectivity index (χ1) is 14.4. The first kappa shape index (κ1) is 23.7. The largest absolute Gasteiger partial charge is 0.371 e. The zero-order valence-electron chi connectivity index (χ0n) is 19.5. The number of carbonyl (C=O) groups is 1. The van der Waals surface area contributed by atoms with Gasteiger partial charge in [0.15, 0.2) is 0 Å². The predicted molar refractivity (Wildman–Crippen MR) is 128 cm³/mol. The van der Waals surface area contributed by atoms with Crippen molar-refractivity contribution < 1.29 is 4.79 Å². The van der Waals surface area contributed by atoms with Gasteiger partial charge in [0.1, 0.15) is 0 Å². The van der Waals surface area contributed by atoms with Crippen molar-refractivity contribution in [2.24, 2.45) is 10.9 Å². The van der Waals surface area contributed by atoms with Crippen molar-refractivity contribution >= 4 is 17.2 Å². The molecule has 1 aromatic rings. The number of allylic oxidation sites excluding steroid dienone is 5. The van der Waals surface area contributed by atoms with Crippen molar-refractivity contribution in [1.29, 1.82) is 0 Å². The lowest BCUT2D eigenvalue weighted by molar-refractivity contribution is -0.135. The zero-order chi connectivity index (χ0) is 22.1. The smallest absolute Gasteiger partial charge is 0.225 e. The summed E-state index contributed by atoms with van der Waals surface area (Å²) in [6.07, 6.45) is 7.12. The van der Waals surface area contributed by atoms with E-state index in [1.54, 1.807) is 0 Å². The molecule has 1 aliphatic rings. The Kier molecular flexibility index (Phi) is 9.10. The van der Waals surface area contributed by atoms with E-state index in [4.69, 9.17) is 4.99 Å². The topological polar surface area (TPSA) is 35.9 Å². The van der Waals surface area contributed by atoms with Gasteiger partial charge in [-0.25, -0.2) is 0 Å². The Hall–Kier alpha value is -2.62. The normalized spacial score (nSPS) is 17.0. The third-order valence-electron chi connectivity index (χ3n) is 5.54. The Bertz CT molecular complexity index is 823. The summed E-state index contributed by atoms with van der Waals surface area (Å²) in [7, 11) is 0. The van der Waals surface area contributed by atoms with Crippen molar-refractivity contribution in [3.63, 3.8) is 0 Å². The second kappa shape index (κ2) is 11.5. The average Bonchev–Trinajstić information content (AvgIpc) is 2.77. The van der Waals surface area contributed by atoms with Gasteiger partial charge >= 0.3 is 0 Å². The van der Waals surface area contributed by atoms with E-state index in [0.29, 0.717) is 0 Å². The van der Waals surface area contributed by atoms with Crippen molar-refractivity contribution in [3.8, 4) is 0 Å². The number of benzene rings is 1. The van der Waals surface area contributed by atoms with Crippen LogP contribution in [-0.4, -0.2) is 47.6 Å². The molecule has 0 spiro atoms. The van der Waals surface area contributed by atoms with E-state index in [-0.39, 0.29) is 11.8 Å². The van der Waals surface area contributed by atoms with E-state index in [1.807, 2.05) is 31.0 Å². The highest BCUT2D eigenvalue weighted by Crippen LogP contribution is 2.29. The molecular formula is C26H37N3O. The summed E-state index contributed by atoms with van der Waals surface area (Å²) in [5, 5.41) is 0. The third kappa shape index (κ3) is 5.94. The molecule has 0 bridgehead atoms. The summed E-state index contributed by atoms with van der Waals surface area (Å²) in [6, 6.07) is 10.5. The second-order valence-electron chi connectivity index (χ2n) is 8.00. The molecule has 0 unspecified atom stereocenters. The summed E-state index contributed by atoms with van der Waals surface area (Å²) in [4.78, 5) is 21.5. The first-order valence-electron chi connectivity index (χ1n) is 11.1. The van der Waals surface area contributed by atoms with E-state index < -0.39 is 0 Å². The van der Waals surface area contributed by atoms with Crippen LogP contribution in [0.2, 0.25) is 0 Å². The van der Waals surface area contributed by atoms with Gasteiger partial charge in [-0.05, 0) is 38.3 Å². The van der Waals surface area contributed by atoms with Gasteiger partial charge in [-0.1, -0.05) is 63.3 Å². The fourth-order valence-corrected chi connectivity index (χ4v) is 3.84. The van der Waals surface area contributed by atoms with Crippen molar-refractivity contribution in [2.75, 3.05) is 26.2 Å². The van der Waals surface area contributed by atoms with Crippen LogP contribution in [0, 0.1) is 5.92 Å². The molecular weight excluding hydrogens is 370 g/mol. The highest BCUT2D eigenvalue weighted by molar-refractivity contribution is 6.12. The van der Waals surface area contributed by atoms with Gasteiger partial charge in [-0.2, -0.15) is 0 Å². The molecule has 0 atom stereocenters. The van der Waals surface area contributed by atoms with Gasteiger partial charge in [-0.3, -0.25) is 9.79 Å². The Balaban J connectivity index is 2.40. The summed E-state index contributed by atoms with van der Waals surface area (Å²) in [5.41, 5.74) is 5.79. The molecule has 162 valence electrons. The van der Waals surface area contributed by atoms with Crippen LogP contribution in [0.3, 0.4) is 0 Å². The Morgan fingerprint density at radius 3 is 2.20 bits per heavy atom. The van der Waals surface area contributed by atoms with Crippen LogP contribution in [-0.2, 0) is 4.79 Å². The van der Waals surface area contributed by atoms with Gasteiger partial charge in [0, 0.05) is 55.3 Å². The minimum absolute atomic E-state index is 0.0520. The minimum atomic E-state index is 0.0520. The molecule has 2 rings (SSSR count). The molecule has 1 heterocycles. The SMILES string of the molecule is C\C=C(C(/C(C)=N/C=C/CC)=C(/C)N1CCN(C(=O)C(C)C)CC1)\c1ccccc1. The number of amides is 1. The van der Waals surface area contributed by atoms with E-state index in [9.17, 15) is 4.79 Å². The lowest BCUT2D eigenvalue weighted by Crippen LogP contribution is -2.49. The predicted octanol–water partition coefficient (Wildman–Crippen LogP) is 5.55. The van der Waals surface area contributed by atoms with Crippen LogP contribution in [0.4, 0.5) is 0 Å². The molecule has 4 heteroatoms. The molecule has 30 heavy (non-hydrogen) atoms. The Morgan fingerprint density at radius 1 is 1.07 bits per heavy atom. The number of carbonyl (C=O) groups excluding carboxylic acids is 1. The quantitative estimate of drug-likeness (QED) is 0.439. The Labute approximate surface area is 182 Å². The third-order valence-corrected chi connectivity index (χ3v) is 5.54. The molecule has 1 aromatic carbocycles. The van der Waals surface area contributed by atoms with E-state index in [0.717, 1.165) is 38.3 Å². The van der Waals surface area contributed by atoms with Crippen LogP contribution in [0.15, 0.2) is 64.9 Å². The standard InChI is InChI=1S/C26H37N3O/c1-7-9-15-27-21(5)25(24(8-2)23-13-11-10-12-14-23)22(6)28-16-18-29(19-17-28)26(30)20(3)4/h8-15,20H,7,16-19H2,1-6H3/b15-9+,24-8-,25-22-,27-21+. The van der Waals surface area contributed by atoms with E-state index in [2.05, 4.69) is 69.0 Å². The van der Waals surface area contributed by atoms with Gasteiger partial charge in [0.25, 0.3) is 0 Å². The molecule has 0 saturated carbocycles. The van der Waals surface area contributed by atoms with Crippen LogP contribution < -0.4 is 0 Å². The number of rotatable bonds is 7. The summed E-state index contributed by atoms with van der Waals surface area (Å²) in [5.74, 6) is 0.300. The van der Waals surface area contributed by atoms with E-state index >= 15 is 0 Å². The van der Waals surface area contributed by atoms with Gasteiger partial charge < -0.3 is 9.80 Å². The fourth-order valence-electron chi connectivity index (χ4n) is 3.84. The highest BCUT2D eigenvalue weighted by atomic mass is 16.2. The average molecular weight is 408 g/mol. The van der Waals surface area contributed by atoms with Crippen LogP contribution in [0.25, 0.3) is 5.57 Å². The molecule has 1 saturated heterocycles. The maximum absolute atomic E-state index is 12.4. The number of hydrogen-bond donors (Lipinski definition) is 0. The van der Waals surface area contributed by atoms with E-state index in [1.165, 1.54) is 22.4 Å². The maximum Gasteiger partial charge on any atom is 0.225 e. The molecule has 4 nitrogen and oxygen atoms in total. The maximum atomic E-state index is 12.4. The van der Waals surface area contributed by atoms with Crippen LogP contribution >= 0.6 is 0 Å². The fraction of sp³-hybridized carbons (Fsp3) is 0.462. The van der Waals surface area contributed by atoms with Crippen LogP contribution in [0.5, 0.6) is 0 Å². The molecule has 0 N–H and O–H groups in total. The monoisotopic (exact) mass is 407 g/mol. The molecule has 1 amide bonds. The molecule has 0 aliphatic carbocycles. The molecule has 1 aliphatic heterocycles. The number of nitrogens with zero attached hydrogens (tertiary/aromatic N) is 3. The summed E-state index contributed by atoms with van der Waals surface area (Å²) < 4.78 is 0. The van der Waals surface area contributed by atoms with Gasteiger partial charge in [0.05, 0.1) is 0 Å². The molecule has 0 radical (unpaired) electrons. The van der Waals surface area contributed by atoms with Crippen molar-refractivity contribution in [1.82, 2.24) is 9.80 Å². The lowest BCUT2D eigenvalue weighted by Gasteiger charge is -2.38. The lowest BCUT2D eigenvalue weighted by atomic mass is 9.92. The molecule has 1 fully saturated rings. The van der Waals surface area contributed by atoms with Crippen LogP contribution in [0.1, 0.15) is 53.5 Å². The zero-order valence-corrected chi connectivity index (χ0v) is 19.5. The Morgan fingerprint density at radius 2 is 1.67 bits per heavy atom. The summed E-state index contributed by atoms with van der Waals surface area (Å²) in [6.45, 7) is 15.6. The van der Waals surface area contributed by atoms with Gasteiger partial charge in [-0.15, -0.1) is 0 Å². The van der Waals surface area contributed by atoms with Gasteiger partial charge in [0.2, 0.25) is 5.91 Å². The molecule has 0 aromatic heterocycles. The number of aliphatic imine (C=N–C) groups is 1. The number of hydrogen-bond acceptors (Lipinski definition) is 3. The summed E-state index contributed by atoms with van der Waals surface area (Å²) >= 11 is 0. The first-order valence-corrected chi connectivity index (χ1v) is 11.1. The van der Waals surface area contributed by atoms with Crippen molar-refractivity contribution in [2.45, 2.75) is 48.0 Å².